The van der Waals surface area contributed by atoms with Gasteiger partial charge < -0.3 is 15.4 Å². The van der Waals surface area contributed by atoms with Gasteiger partial charge in [-0.15, -0.1) is 0 Å². The predicted molar refractivity (Wildman–Crippen MR) is 77.7 cm³/mol. The first kappa shape index (κ1) is 15.5. The van der Waals surface area contributed by atoms with Crippen molar-refractivity contribution < 1.29 is 4.74 Å². The normalized spacial score (nSPS) is 13.7. The maximum Gasteiger partial charge on any atom is 0.323 e. The van der Waals surface area contributed by atoms with E-state index in [0.717, 1.165) is 13.0 Å². The zero-order valence-corrected chi connectivity index (χ0v) is 12.5. The molecule has 0 bridgehead atoms. The summed E-state index contributed by atoms with van der Waals surface area (Å²) in [5.74, 6) is 1.65. The van der Waals surface area contributed by atoms with E-state index in [1.165, 1.54) is 0 Å². The molecule has 1 aromatic rings. The maximum absolute atomic E-state index is 5.36. The van der Waals surface area contributed by atoms with Gasteiger partial charge in [0.15, 0.2) is 0 Å². The topological polar surface area (TPSA) is 72.0 Å². The van der Waals surface area contributed by atoms with Crippen molar-refractivity contribution in [2.24, 2.45) is 5.92 Å². The number of rotatable bonds is 8. The molecular formula is C13H25N5O. The first-order chi connectivity index (χ1) is 9.10. The summed E-state index contributed by atoms with van der Waals surface area (Å²) in [5, 5.41) is 6.39. The molecule has 2 unspecified atom stereocenters. The van der Waals surface area contributed by atoms with E-state index < -0.39 is 0 Å². The minimum atomic E-state index is 0.302. The molecule has 0 amide bonds. The van der Waals surface area contributed by atoms with Crippen molar-refractivity contribution in [1.82, 2.24) is 15.0 Å². The molecule has 0 saturated heterocycles. The van der Waals surface area contributed by atoms with Gasteiger partial charge in [0.2, 0.25) is 11.9 Å². The van der Waals surface area contributed by atoms with Crippen LogP contribution in [0, 0.1) is 5.92 Å². The second-order valence-electron chi connectivity index (χ2n) is 4.55. The maximum atomic E-state index is 5.36. The Morgan fingerprint density at radius 1 is 1.05 bits per heavy atom. The average molecular weight is 267 g/mol. The molecule has 0 radical (unpaired) electrons. The molecule has 1 aromatic heterocycles. The van der Waals surface area contributed by atoms with Gasteiger partial charge in [0, 0.05) is 12.6 Å². The van der Waals surface area contributed by atoms with Crippen LogP contribution in [-0.2, 0) is 0 Å². The highest BCUT2D eigenvalue weighted by Crippen LogP contribution is 2.15. The van der Waals surface area contributed by atoms with Gasteiger partial charge in [-0.3, -0.25) is 0 Å². The SMILES string of the molecule is CCNc1nc(NC(C)C(C)CC)nc(OCC)n1. The van der Waals surface area contributed by atoms with Gasteiger partial charge in [-0.05, 0) is 26.7 Å². The van der Waals surface area contributed by atoms with Crippen molar-refractivity contribution in [2.75, 3.05) is 23.8 Å². The van der Waals surface area contributed by atoms with Crippen molar-refractivity contribution in [3.8, 4) is 6.01 Å². The molecule has 6 heteroatoms. The van der Waals surface area contributed by atoms with Crippen LogP contribution in [0.25, 0.3) is 0 Å². The largest absolute Gasteiger partial charge is 0.464 e. The molecule has 0 aliphatic rings. The Hall–Kier alpha value is -1.59. The molecule has 0 aliphatic heterocycles. The summed E-state index contributed by atoms with van der Waals surface area (Å²) in [7, 11) is 0. The molecule has 6 nitrogen and oxygen atoms in total. The van der Waals surface area contributed by atoms with E-state index in [2.05, 4.69) is 46.4 Å². The Morgan fingerprint density at radius 2 is 1.74 bits per heavy atom. The number of hydrogen-bond acceptors (Lipinski definition) is 6. The molecule has 2 N–H and O–H groups in total. The number of aromatic nitrogens is 3. The number of nitrogens with one attached hydrogen (secondary N) is 2. The zero-order valence-electron chi connectivity index (χ0n) is 12.5. The molecule has 0 saturated carbocycles. The Bertz CT molecular complexity index is 361. The predicted octanol–water partition coefficient (Wildman–Crippen LogP) is 2.55. The molecule has 108 valence electrons. The standard InChI is InChI=1S/C13H25N5O/c1-6-9(4)10(5)15-12-16-11(14-7-2)17-13(18-12)19-8-3/h9-10H,6-8H2,1-5H3,(H2,14,15,16,17,18). The first-order valence-corrected chi connectivity index (χ1v) is 6.99. The van der Waals surface area contributed by atoms with Crippen LogP contribution in [0.1, 0.15) is 41.0 Å². The zero-order chi connectivity index (χ0) is 14.3. The van der Waals surface area contributed by atoms with Gasteiger partial charge in [0.05, 0.1) is 6.61 Å². The highest BCUT2D eigenvalue weighted by molar-refractivity contribution is 5.36. The fraction of sp³-hybridized carbons (Fsp3) is 0.769. The van der Waals surface area contributed by atoms with Gasteiger partial charge in [0.1, 0.15) is 0 Å². The molecule has 1 rings (SSSR count). The van der Waals surface area contributed by atoms with Crippen LogP contribution in [0.4, 0.5) is 11.9 Å². The third-order valence-electron chi connectivity index (χ3n) is 3.08. The van der Waals surface area contributed by atoms with Crippen molar-refractivity contribution in [3.63, 3.8) is 0 Å². The first-order valence-electron chi connectivity index (χ1n) is 6.99. The summed E-state index contributed by atoms with van der Waals surface area (Å²) >= 11 is 0. The Labute approximate surface area is 115 Å². The summed E-state index contributed by atoms with van der Waals surface area (Å²) in [6, 6.07) is 0.656. The molecule has 0 fully saturated rings. The van der Waals surface area contributed by atoms with Crippen LogP contribution in [0.2, 0.25) is 0 Å². The number of anilines is 2. The van der Waals surface area contributed by atoms with Crippen LogP contribution in [0.5, 0.6) is 6.01 Å². The van der Waals surface area contributed by atoms with Gasteiger partial charge in [-0.25, -0.2) is 0 Å². The van der Waals surface area contributed by atoms with Gasteiger partial charge in [-0.2, -0.15) is 15.0 Å². The minimum Gasteiger partial charge on any atom is -0.464 e. The molecule has 0 aromatic carbocycles. The lowest BCUT2D eigenvalue weighted by Gasteiger charge is -2.20. The number of nitrogens with zero attached hydrogens (tertiary/aromatic N) is 3. The molecular weight excluding hydrogens is 242 g/mol. The summed E-state index contributed by atoms with van der Waals surface area (Å²) in [6.07, 6.45) is 1.11. The van der Waals surface area contributed by atoms with Crippen molar-refractivity contribution in [2.45, 2.75) is 47.1 Å². The second kappa shape index (κ2) is 7.76. The van der Waals surface area contributed by atoms with Crippen molar-refractivity contribution in [3.05, 3.63) is 0 Å². The monoisotopic (exact) mass is 267 g/mol. The van der Waals surface area contributed by atoms with Crippen LogP contribution in [0.3, 0.4) is 0 Å². The quantitative estimate of drug-likeness (QED) is 0.754. The van der Waals surface area contributed by atoms with E-state index in [9.17, 15) is 0 Å². The number of hydrogen-bond donors (Lipinski definition) is 2. The van der Waals surface area contributed by atoms with Gasteiger partial charge in [0.25, 0.3) is 0 Å². The van der Waals surface area contributed by atoms with Crippen LogP contribution < -0.4 is 15.4 Å². The van der Waals surface area contributed by atoms with E-state index in [-0.39, 0.29) is 0 Å². The third kappa shape index (κ3) is 4.89. The molecule has 1 heterocycles. The highest BCUT2D eigenvalue weighted by Gasteiger charge is 2.13. The Balaban J connectivity index is 2.85. The lowest BCUT2D eigenvalue weighted by Crippen LogP contribution is -2.25. The summed E-state index contributed by atoms with van der Waals surface area (Å²) in [5.41, 5.74) is 0. The van der Waals surface area contributed by atoms with E-state index in [1.807, 2.05) is 13.8 Å². The van der Waals surface area contributed by atoms with Crippen LogP contribution in [-0.4, -0.2) is 34.1 Å². The van der Waals surface area contributed by atoms with E-state index in [4.69, 9.17) is 4.74 Å². The Morgan fingerprint density at radius 3 is 2.32 bits per heavy atom. The highest BCUT2D eigenvalue weighted by atomic mass is 16.5. The van der Waals surface area contributed by atoms with Gasteiger partial charge >= 0.3 is 6.01 Å². The van der Waals surface area contributed by atoms with Gasteiger partial charge in [-0.1, -0.05) is 20.3 Å². The molecule has 0 spiro atoms. The van der Waals surface area contributed by atoms with Crippen LogP contribution in [0.15, 0.2) is 0 Å². The van der Waals surface area contributed by atoms with Crippen molar-refractivity contribution in [1.29, 1.82) is 0 Å². The molecule has 19 heavy (non-hydrogen) atoms. The van der Waals surface area contributed by atoms with E-state index >= 15 is 0 Å². The van der Waals surface area contributed by atoms with E-state index in [0.29, 0.717) is 36.5 Å². The van der Waals surface area contributed by atoms with Crippen molar-refractivity contribution >= 4 is 11.9 Å². The minimum absolute atomic E-state index is 0.302. The fourth-order valence-corrected chi connectivity index (χ4v) is 1.55. The summed E-state index contributed by atoms with van der Waals surface area (Å²) in [4.78, 5) is 12.8. The lowest BCUT2D eigenvalue weighted by atomic mass is 10.0. The average Bonchev–Trinajstić information content (AvgIpc) is 2.38. The summed E-state index contributed by atoms with van der Waals surface area (Å²) < 4.78 is 5.36. The number of ether oxygens (including phenoxy) is 1. The molecule has 0 aliphatic carbocycles. The van der Waals surface area contributed by atoms with E-state index in [1.54, 1.807) is 0 Å². The smallest absolute Gasteiger partial charge is 0.323 e. The Kier molecular flexibility index (Phi) is 6.32. The second-order valence-corrected chi connectivity index (χ2v) is 4.55. The lowest BCUT2D eigenvalue weighted by molar-refractivity contribution is 0.312. The van der Waals surface area contributed by atoms with Crippen LogP contribution >= 0.6 is 0 Å². The fourth-order valence-electron chi connectivity index (χ4n) is 1.55. The third-order valence-corrected chi connectivity index (χ3v) is 3.08. The molecule has 2 atom stereocenters. The summed E-state index contributed by atoms with van der Waals surface area (Å²) in [6.45, 7) is 11.7.